The van der Waals surface area contributed by atoms with Gasteiger partial charge in [-0.1, -0.05) is 476 Å². The number of carbonyl (C=O) groups is 2. The maximum atomic E-state index is 12.6. The van der Waals surface area contributed by atoms with Crippen molar-refractivity contribution in [3.8, 4) is 0 Å². The van der Waals surface area contributed by atoms with Crippen molar-refractivity contribution in [3.63, 3.8) is 0 Å². The number of rotatable bonds is 83. The molecule has 1 amide bonds. The first kappa shape index (κ1) is 90.9. The Balaban J connectivity index is 3.30. The van der Waals surface area contributed by atoms with Crippen LogP contribution in [0.3, 0.4) is 0 Å². The van der Waals surface area contributed by atoms with Gasteiger partial charge in [0.2, 0.25) is 5.91 Å². The Morgan fingerprint density at radius 3 is 0.663 bits per heavy atom. The number of aliphatic hydroxyl groups is 2. The smallest absolute Gasteiger partial charge is 0.305 e. The molecule has 0 aliphatic carbocycles. The summed E-state index contributed by atoms with van der Waals surface area (Å²) in [5.74, 6) is 0.00476. The molecule has 0 fully saturated rings. The first-order valence-electron chi connectivity index (χ1n) is 43.3. The van der Waals surface area contributed by atoms with Gasteiger partial charge >= 0.3 is 5.97 Å². The monoisotopic (exact) mass is 1300 g/mol. The van der Waals surface area contributed by atoms with Crippen LogP contribution in [0.25, 0.3) is 0 Å². The number of unbranched alkanes of at least 4 members (excludes halogenated alkanes) is 72. The highest BCUT2D eigenvalue weighted by Crippen LogP contribution is 2.21. The molecule has 0 bridgehead atoms. The van der Waals surface area contributed by atoms with E-state index < -0.39 is 12.1 Å². The van der Waals surface area contributed by atoms with Gasteiger partial charge in [0.15, 0.2) is 0 Å². The van der Waals surface area contributed by atoms with Gasteiger partial charge in [-0.05, 0) is 25.7 Å². The van der Waals surface area contributed by atoms with E-state index in [1.165, 1.54) is 443 Å². The summed E-state index contributed by atoms with van der Waals surface area (Å²) in [5, 5.41) is 23.5. The minimum Gasteiger partial charge on any atom is -0.466 e. The lowest BCUT2D eigenvalue weighted by atomic mass is 10.0. The fourth-order valence-electron chi connectivity index (χ4n) is 14.4. The second-order valence-corrected chi connectivity index (χ2v) is 30.2. The first-order chi connectivity index (χ1) is 45.5. The van der Waals surface area contributed by atoms with Crippen LogP contribution in [-0.2, 0) is 14.3 Å². The summed E-state index contributed by atoms with van der Waals surface area (Å²) in [6.07, 6.45) is 104. The molecule has 0 aromatic rings. The van der Waals surface area contributed by atoms with Crippen LogP contribution < -0.4 is 5.32 Å². The van der Waals surface area contributed by atoms with Gasteiger partial charge < -0.3 is 20.3 Å². The van der Waals surface area contributed by atoms with E-state index in [2.05, 4.69) is 19.2 Å². The third-order valence-corrected chi connectivity index (χ3v) is 20.9. The van der Waals surface area contributed by atoms with Crippen molar-refractivity contribution in [2.24, 2.45) is 0 Å². The molecular weight excluding hydrogens is 1130 g/mol. The zero-order chi connectivity index (χ0) is 66.3. The van der Waals surface area contributed by atoms with Crippen molar-refractivity contribution in [3.05, 3.63) is 0 Å². The molecule has 0 rings (SSSR count). The van der Waals surface area contributed by atoms with Crippen molar-refractivity contribution >= 4 is 11.9 Å². The van der Waals surface area contributed by atoms with Gasteiger partial charge in [-0.3, -0.25) is 9.59 Å². The van der Waals surface area contributed by atoms with E-state index in [4.69, 9.17) is 4.74 Å². The zero-order valence-corrected chi connectivity index (χ0v) is 63.3. The topological polar surface area (TPSA) is 95.9 Å². The molecule has 550 valence electrons. The van der Waals surface area contributed by atoms with E-state index in [0.29, 0.717) is 25.9 Å². The normalized spacial score (nSPS) is 12.3. The number of aliphatic hydroxyl groups excluding tert-OH is 2. The fourth-order valence-corrected chi connectivity index (χ4v) is 14.4. The fraction of sp³-hybridized carbons (Fsp3) is 0.977. The highest BCUT2D eigenvalue weighted by atomic mass is 16.5. The van der Waals surface area contributed by atoms with Crippen molar-refractivity contribution in [2.75, 3.05) is 13.2 Å². The molecule has 0 spiro atoms. The minimum atomic E-state index is -0.661. The lowest BCUT2D eigenvalue weighted by Crippen LogP contribution is -2.45. The van der Waals surface area contributed by atoms with Crippen LogP contribution in [0, 0.1) is 0 Å². The molecule has 0 aromatic carbocycles. The molecule has 0 saturated carbocycles. The van der Waals surface area contributed by atoms with Crippen LogP contribution in [0.2, 0.25) is 0 Å². The average Bonchev–Trinajstić information content (AvgIpc) is 3.59. The van der Waals surface area contributed by atoms with E-state index >= 15 is 0 Å². The number of hydrogen-bond acceptors (Lipinski definition) is 5. The SMILES string of the molecule is CCCCCCCCCCCCCCCCCCCCCCCCCCCC(O)C(CO)NC(=O)CCCCCCCCCCCCCCCCCCCCCCCCCCCCCCCCCCCCCOC(=O)CCCCCCCCCCCCCCCCC. The van der Waals surface area contributed by atoms with Gasteiger partial charge in [0, 0.05) is 12.8 Å². The van der Waals surface area contributed by atoms with Gasteiger partial charge in [0.05, 0.1) is 25.4 Å². The van der Waals surface area contributed by atoms with Crippen LogP contribution in [-0.4, -0.2) is 47.4 Å². The van der Waals surface area contributed by atoms with E-state index in [0.717, 1.165) is 38.5 Å². The predicted octanol–water partition coefficient (Wildman–Crippen LogP) is 28.8. The number of hydrogen-bond donors (Lipinski definition) is 3. The predicted molar refractivity (Wildman–Crippen MR) is 407 cm³/mol. The standard InChI is InChI=1S/C86H171NO5/c1-3-5-7-9-11-13-15-17-19-20-21-22-23-35-38-41-44-47-51-54-58-62-66-70-74-78-84(89)83(82-88)87-85(90)79-75-71-67-63-59-55-52-48-45-42-39-36-33-31-29-27-25-24-26-28-30-32-34-37-40-43-46-49-53-57-61-65-69-73-77-81-92-86(91)80-76-72-68-64-60-56-50-18-16-14-12-10-8-6-4-2/h83-84,88-89H,3-82H2,1-2H3,(H,87,90). The summed E-state index contributed by atoms with van der Waals surface area (Å²) in [6, 6.07) is -0.538. The Kier molecular flexibility index (Phi) is 81.3. The molecule has 0 radical (unpaired) electrons. The molecule has 2 unspecified atom stereocenters. The highest BCUT2D eigenvalue weighted by Gasteiger charge is 2.20. The molecule has 6 heteroatoms. The molecule has 0 aliphatic rings. The minimum absolute atomic E-state index is 0.0225. The van der Waals surface area contributed by atoms with Crippen LogP contribution in [0.15, 0.2) is 0 Å². The van der Waals surface area contributed by atoms with E-state index in [-0.39, 0.29) is 18.5 Å². The summed E-state index contributed by atoms with van der Waals surface area (Å²) in [6.45, 7) is 5.03. The molecule has 3 N–H and O–H groups in total. The number of nitrogens with one attached hydrogen (secondary N) is 1. The molecule has 2 atom stereocenters. The Hall–Kier alpha value is -1.14. The highest BCUT2D eigenvalue weighted by molar-refractivity contribution is 5.76. The van der Waals surface area contributed by atoms with Crippen molar-refractivity contribution < 1.29 is 24.5 Å². The van der Waals surface area contributed by atoms with Gasteiger partial charge in [0.1, 0.15) is 0 Å². The molecule has 0 aromatic heterocycles. The van der Waals surface area contributed by atoms with Gasteiger partial charge in [-0.2, -0.15) is 0 Å². The van der Waals surface area contributed by atoms with Gasteiger partial charge in [0.25, 0.3) is 0 Å². The summed E-state index contributed by atoms with van der Waals surface area (Å²) in [7, 11) is 0. The van der Waals surface area contributed by atoms with Crippen LogP contribution in [0.1, 0.15) is 515 Å². The van der Waals surface area contributed by atoms with Crippen LogP contribution >= 0.6 is 0 Å². The van der Waals surface area contributed by atoms with Crippen molar-refractivity contribution in [1.82, 2.24) is 5.32 Å². The van der Waals surface area contributed by atoms with Crippen LogP contribution in [0.5, 0.6) is 0 Å². The first-order valence-corrected chi connectivity index (χ1v) is 43.3. The summed E-state index contributed by atoms with van der Waals surface area (Å²) in [4.78, 5) is 24.7. The average molecular weight is 1300 g/mol. The second kappa shape index (κ2) is 82.3. The van der Waals surface area contributed by atoms with E-state index in [1.807, 2.05) is 0 Å². The van der Waals surface area contributed by atoms with Gasteiger partial charge in [-0.15, -0.1) is 0 Å². The Morgan fingerprint density at radius 1 is 0.261 bits per heavy atom. The lowest BCUT2D eigenvalue weighted by Gasteiger charge is -2.22. The lowest BCUT2D eigenvalue weighted by molar-refractivity contribution is -0.143. The number of amides is 1. The van der Waals surface area contributed by atoms with Crippen molar-refractivity contribution in [2.45, 2.75) is 527 Å². The third kappa shape index (κ3) is 77.9. The largest absolute Gasteiger partial charge is 0.466 e. The molecular formula is C86H171NO5. The van der Waals surface area contributed by atoms with Crippen molar-refractivity contribution in [1.29, 1.82) is 0 Å². The Morgan fingerprint density at radius 2 is 0.446 bits per heavy atom. The number of carbonyl (C=O) groups excluding carboxylic acids is 2. The summed E-state index contributed by atoms with van der Waals surface area (Å²) >= 11 is 0. The Bertz CT molecular complexity index is 1360. The number of esters is 1. The van der Waals surface area contributed by atoms with Gasteiger partial charge in [-0.25, -0.2) is 0 Å². The maximum absolute atomic E-state index is 12.6. The maximum Gasteiger partial charge on any atom is 0.305 e. The van der Waals surface area contributed by atoms with E-state index in [9.17, 15) is 19.8 Å². The molecule has 0 saturated heterocycles. The quantitative estimate of drug-likeness (QED) is 0.0417. The molecule has 0 aliphatic heterocycles. The number of ether oxygens (including phenoxy) is 1. The Labute approximate surface area is 578 Å². The molecule has 6 nitrogen and oxygen atoms in total. The molecule has 0 heterocycles. The van der Waals surface area contributed by atoms with E-state index in [1.54, 1.807) is 0 Å². The third-order valence-electron chi connectivity index (χ3n) is 20.9. The summed E-state index contributed by atoms with van der Waals surface area (Å²) in [5.41, 5.74) is 0. The van der Waals surface area contributed by atoms with Crippen LogP contribution in [0.4, 0.5) is 0 Å². The summed E-state index contributed by atoms with van der Waals surface area (Å²) < 4.78 is 5.51. The molecule has 92 heavy (non-hydrogen) atoms. The zero-order valence-electron chi connectivity index (χ0n) is 63.3. The second-order valence-electron chi connectivity index (χ2n) is 30.2.